The van der Waals surface area contributed by atoms with Crippen LogP contribution in [0.25, 0.3) is 0 Å². The highest BCUT2D eigenvalue weighted by atomic mass is 35.5. The molecule has 0 radical (unpaired) electrons. The number of hydrogen-bond donors (Lipinski definition) is 3. The van der Waals surface area contributed by atoms with Crippen LogP contribution in [0.1, 0.15) is 112 Å². The second kappa shape index (κ2) is 24.8. The Hall–Kier alpha value is -3.55. The van der Waals surface area contributed by atoms with Crippen molar-refractivity contribution in [3.63, 3.8) is 0 Å². The second-order valence-electron chi connectivity index (χ2n) is 22.1. The topological polar surface area (TPSA) is 208 Å². The number of piperidine rings is 1. The number of methoxy groups -OCH3 is 3. The van der Waals surface area contributed by atoms with Crippen LogP contribution >= 0.6 is 23.2 Å². The second-order valence-corrected chi connectivity index (χ2v) is 22.9. The van der Waals surface area contributed by atoms with Gasteiger partial charge in [0.05, 0.1) is 40.5 Å². The van der Waals surface area contributed by atoms with E-state index in [1.807, 2.05) is 32.1 Å². The van der Waals surface area contributed by atoms with Crippen molar-refractivity contribution in [1.82, 2.24) is 4.90 Å². The first-order valence-electron chi connectivity index (χ1n) is 26.5. The van der Waals surface area contributed by atoms with Crippen molar-refractivity contribution in [3.05, 3.63) is 63.7 Å². The summed E-state index contributed by atoms with van der Waals surface area (Å²) < 4.78 is 29.9. The van der Waals surface area contributed by atoms with Crippen molar-refractivity contribution < 1.29 is 67.8 Å². The van der Waals surface area contributed by atoms with Crippen LogP contribution in [0.5, 0.6) is 0 Å². The number of aliphatic hydroxyl groups is 3. The highest BCUT2D eigenvalue weighted by Gasteiger charge is 2.57. The molecule has 16 nitrogen and oxygen atoms in total. The normalized spacial score (nSPS) is 40.2. The van der Waals surface area contributed by atoms with E-state index in [4.69, 9.17) is 51.7 Å². The molecule has 0 aromatic heterocycles. The molecule has 8 heterocycles. The number of benzene rings is 1. The van der Waals surface area contributed by atoms with Gasteiger partial charge in [0.2, 0.25) is 5.79 Å². The summed E-state index contributed by atoms with van der Waals surface area (Å²) in [6.45, 7) is 10.7. The van der Waals surface area contributed by atoms with Crippen molar-refractivity contribution in [2.45, 2.75) is 179 Å². The number of rotatable bonds is 6. The van der Waals surface area contributed by atoms with Crippen LogP contribution in [0.3, 0.4) is 0 Å². The van der Waals surface area contributed by atoms with Crippen molar-refractivity contribution in [3.8, 4) is 0 Å². The Morgan fingerprint density at radius 2 is 1.55 bits per heavy atom. The summed E-state index contributed by atoms with van der Waals surface area (Å²) in [6, 6.07) is 3.53. The van der Waals surface area contributed by atoms with Crippen LogP contribution in [0, 0.1) is 41.4 Å². The van der Waals surface area contributed by atoms with Crippen molar-refractivity contribution in [2.24, 2.45) is 41.4 Å². The fourth-order valence-electron chi connectivity index (χ4n) is 12.7. The first-order valence-corrected chi connectivity index (χ1v) is 27.3. The molecule has 9 aliphatic rings. The molecule has 410 valence electrons. The maximum atomic E-state index is 14.7. The van der Waals surface area contributed by atoms with Crippen LogP contribution in [0.15, 0.2) is 53.6 Å². The molecule has 4 fully saturated rings. The molecule has 1 amide bonds. The number of carbonyl (C=O) groups is 5. The Morgan fingerprint density at radius 3 is 2.23 bits per heavy atom. The Morgan fingerprint density at radius 1 is 0.838 bits per heavy atom. The van der Waals surface area contributed by atoms with Gasteiger partial charge in [-0.25, -0.2) is 9.86 Å². The molecule has 1 aromatic carbocycles. The van der Waals surface area contributed by atoms with E-state index in [2.05, 4.69) is 0 Å². The molecule has 3 N–H and O–H groups in total. The van der Waals surface area contributed by atoms with Gasteiger partial charge in [0.1, 0.15) is 41.9 Å². The van der Waals surface area contributed by atoms with Gasteiger partial charge in [0, 0.05) is 64.4 Å². The number of carbonyl (C=O) groups excluding carboxylic acids is 5. The molecule has 74 heavy (non-hydrogen) atoms. The van der Waals surface area contributed by atoms with Crippen LogP contribution in [-0.4, -0.2) is 144 Å². The maximum Gasteiger partial charge on any atom is 0.329 e. The van der Waals surface area contributed by atoms with Gasteiger partial charge in [-0.15, -0.1) is 0 Å². The first kappa shape index (κ1) is 58.1. The number of anilines is 1. The van der Waals surface area contributed by atoms with E-state index >= 15 is 0 Å². The van der Waals surface area contributed by atoms with Gasteiger partial charge in [0.15, 0.2) is 5.78 Å². The van der Waals surface area contributed by atoms with E-state index in [9.17, 15) is 39.3 Å². The number of halogens is 2. The van der Waals surface area contributed by atoms with E-state index in [0.717, 1.165) is 5.57 Å². The fourth-order valence-corrected chi connectivity index (χ4v) is 13.2. The minimum Gasteiger partial charge on any atom is -0.460 e. The molecule has 10 rings (SSSR count). The summed E-state index contributed by atoms with van der Waals surface area (Å²) in [7, 11) is 4.47. The monoisotopic (exact) mass is 1070 g/mol. The Kier molecular flexibility index (Phi) is 19.5. The van der Waals surface area contributed by atoms with Crippen LogP contribution < -0.4 is 5.06 Å². The molecule has 8 bridgehead atoms. The molecule has 9 unspecified atom stereocenters. The summed E-state index contributed by atoms with van der Waals surface area (Å²) in [4.78, 5) is 80.1. The molecule has 1 saturated carbocycles. The van der Waals surface area contributed by atoms with Crippen molar-refractivity contribution in [2.75, 3.05) is 32.9 Å². The van der Waals surface area contributed by atoms with Gasteiger partial charge >= 0.3 is 5.97 Å². The first-order chi connectivity index (χ1) is 35.1. The van der Waals surface area contributed by atoms with Gasteiger partial charge in [-0.1, -0.05) is 75.2 Å². The number of allylic oxidation sites excluding steroid dienone is 1. The SMILES string of the molecule is CO[C@H]1C[C@@H]2CCC(C)C(O)(O2)C(=O)C(=O)N2CCCC3C2C(=O)O[C@@H](CC(=O)[C@H](C)/C=C(\C)C(O)[C@@H](OC)C(=O)C(C)C[C@H](C)C2C=CC(C=C1C)ON2c1c(Cl)cccc1Cl)[C@H]3C[C@@H]1CCC(O)[C@H](OC)C1. The molecule has 18 atom stereocenters. The lowest BCUT2D eigenvalue weighted by atomic mass is 9.68. The molecule has 18 heteroatoms. The zero-order chi connectivity index (χ0) is 53.9. The molecule has 8 aliphatic heterocycles. The highest BCUT2D eigenvalue weighted by Crippen LogP contribution is 2.46. The Labute approximate surface area is 446 Å². The minimum absolute atomic E-state index is 0.0281. The average molecular weight is 1070 g/mol. The van der Waals surface area contributed by atoms with Crippen molar-refractivity contribution >= 4 is 58.1 Å². The Balaban J connectivity index is 1.25. The van der Waals surface area contributed by atoms with E-state index in [1.165, 1.54) is 12.0 Å². The maximum absolute atomic E-state index is 14.7. The molecular weight excluding hydrogens is 996 g/mol. The van der Waals surface area contributed by atoms with Gasteiger partial charge in [0.25, 0.3) is 11.7 Å². The number of amides is 1. The lowest BCUT2D eigenvalue weighted by Crippen LogP contribution is -2.65. The summed E-state index contributed by atoms with van der Waals surface area (Å²) in [6.07, 6.45) is 5.24. The molecule has 0 spiro atoms. The van der Waals surface area contributed by atoms with E-state index in [1.54, 1.807) is 71.3 Å². The number of ketones is 3. The number of hydroxylamine groups is 1. The predicted octanol–water partition coefficient (Wildman–Crippen LogP) is 7.34. The van der Waals surface area contributed by atoms with Crippen LogP contribution in [0.2, 0.25) is 10.0 Å². The number of nitrogens with zero attached hydrogens (tertiary/aromatic N) is 2. The van der Waals surface area contributed by atoms with Gasteiger partial charge < -0.3 is 43.9 Å². The quantitative estimate of drug-likeness (QED) is 0.145. The summed E-state index contributed by atoms with van der Waals surface area (Å²) in [5.41, 5.74) is 1.54. The molecule has 3 saturated heterocycles. The number of esters is 1. The number of aliphatic hydroxyl groups excluding tert-OH is 2. The number of para-hydroxylation sites is 1. The largest absolute Gasteiger partial charge is 0.460 e. The zero-order valence-electron chi connectivity index (χ0n) is 44.3. The predicted molar refractivity (Wildman–Crippen MR) is 277 cm³/mol. The van der Waals surface area contributed by atoms with E-state index < -0.39 is 114 Å². The van der Waals surface area contributed by atoms with E-state index in [-0.39, 0.29) is 42.8 Å². The number of ether oxygens (including phenoxy) is 5. The third-order valence-corrected chi connectivity index (χ3v) is 17.7. The van der Waals surface area contributed by atoms with Crippen molar-refractivity contribution in [1.29, 1.82) is 0 Å². The summed E-state index contributed by atoms with van der Waals surface area (Å²) >= 11 is 13.6. The molecule has 1 aliphatic carbocycles. The van der Waals surface area contributed by atoms with Gasteiger partial charge in [-0.3, -0.25) is 24.0 Å². The lowest BCUT2D eigenvalue weighted by molar-refractivity contribution is -0.266. The molecular formula is C56H78Cl2N2O14. The fraction of sp³-hybridized carbons (Fsp3) is 0.696. The van der Waals surface area contributed by atoms with Crippen LogP contribution in [-0.2, 0) is 52.5 Å². The zero-order valence-corrected chi connectivity index (χ0v) is 45.8. The Bertz CT molecular complexity index is 2290. The molecule has 1 aromatic rings. The third-order valence-electron chi connectivity index (χ3n) is 17.1. The average Bonchev–Trinajstić information content (AvgIpc) is 3.37. The number of Topliss-reactive ketones (excluding diaryl/α,β-unsaturated/α-hetero) is 3. The summed E-state index contributed by atoms with van der Waals surface area (Å²) in [5, 5.41) is 37.0. The smallest absolute Gasteiger partial charge is 0.329 e. The highest BCUT2D eigenvalue weighted by molar-refractivity contribution is 6.39. The van der Waals surface area contributed by atoms with Crippen LogP contribution in [0.4, 0.5) is 5.69 Å². The summed E-state index contributed by atoms with van der Waals surface area (Å²) in [5.74, 6) is -9.35. The lowest BCUT2D eigenvalue weighted by Gasteiger charge is -2.50. The number of hydrogen-bond acceptors (Lipinski definition) is 15. The van der Waals surface area contributed by atoms with Gasteiger partial charge in [-0.05, 0) is 119 Å². The standard InChI is InChI=1S/C56H78Cl2N2O14/c1-29-22-32(4)50(63)52(71-9)51(64)33(5)23-30(2)44(62)28-46-39(25-35-16-20-43(61)47(26-35)70-8)38-12-11-21-59(48(38)55(67)72-46)54(66)53(65)56(68)34(6)15-17-36(73-56)27-45(69-7)31(3)24-37-18-19-42(29)60(74-37)49-40(57)13-10-14-41(49)58/h10,13-14,18-19,23-24,29-30,32,34-39,42-43,45-48,51-52,61,64,68H,11-12,15-17,20-22,25-28H2,1-9H3/b31-24?,33-23+/t29-,30+,32?,34?,35-,36-,37?,38?,39-,42?,43?,45-,46-,47+,48?,51?,52-,56?/m0/s1. The van der Waals surface area contributed by atoms with E-state index in [0.29, 0.717) is 79.1 Å². The van der Waals surface area contributed by atoms with Gasteiger partial charge in [-0.2, -0.15) is 0 Å². The third kappa shape index (κ3) is 12.4. The minimum atomic E-state index is -2.51.